The highest BCUT2D eigenvalue weighted by Crippen LogP contribution is 2.22. The Hall–Kier alpha value is -3.73. The largest absolute Gasteiger partial charge is 0.383 e. The maximum Gasteiger partial charge on any atom is 0.330 e. The van der Waals surface area contributed by atoms with Crippen molar-refractivity contribution in [1.29, 1.82) is 0 Å². The van der Waals surface area contributed by atoms with Gasteiger partial charge in [-0.1, -0.05) is 39.0 Å². The summed E-state index contributed by atoms with van der Waals surface area (Å²) in [7, 11) is 1.46. The minimum absolute atomic E-state index is 0.000931. The molecule has 1 amide bonds. The van der Waals surface area contributed by atoms with E-state index in [1.807, 2.05) is 20.8 Å². The normalized spacial score (nSPS) is 11.3. The Kier molecular flexibility index (Phi) is 7.67. The fourth-order valence-electron chi connectivity index (χ4n) is 3.77. The highest BCUT2D eigenvalue weighted by molar-refractivity contribution is 6.13. The summed E-state index contributed by atoms with van der Waals surface area (Å²) in [5.41, 5.74) is 4.31. The topological polar surface area (TPSA) is 145 Å². The van der Waals surface area contributed by atoms with Crippen LogP contribution in [0.25, 0.3) is 10.8 Å². The zero-order valence-electron chi connectivity index (χ0n) is 19.8. The van der Waals surface area contributed by atoms with Gasteiger partial charge in [0.1, 0.15) is 5.82 Å². The van der Waals surface area contributed by atoms with E-state index in [1.165, 1.54) is 16.4 Å². The molecule has 3 N–H and O–H groups in total. The number of aromatic nitrogens is 4. The quantitative estimate of drug-likeness (QED) is 0.478. The van der Waals surface area contributed by atoms with Crippen LogP contribution in [0.3, 0.4) is 0 Å². The predicted octanol–water partition coefficient (Wildman–Crippen LogP) is 1.19. The average molecular weight is 471 g/mol. The van der Waals surface area contributed by atoms with Crippen LogP contribution in [0.5, 0.6) is 0 Å². The molecule has 0 atom stereocenters. The third kappa shape index (κ3) is 4.79. The molecule has 0 bridgehead atoms. The van der Waals surface area contributed by atoms with E-state index in [9.17, 15) is 19.2 Å². The summed E-state index contributed by atoms with van der Waals surface area (Å²) in [5, 5.41) is 5.08. The number of hydrogen-bond donors (Lipinski definition) is 2. The number of carbonyl (C=O) groups is 1. The number of nitrogens with zero attached hydrogens (tertiary/aromatic N) is 4. The third-order valence-corrected chi connectivity index (χ3v) is 5.30. The minimum atomic E-state index is -0.792. The van der Waals surface area contributed by atoms with Crippen molar-refractivity contribution in [3.63, 3.8) is 0 Å². The number of ether oxygens (including phenoxy) is 1. The Morgan fingerprint density at radius 1 is 1.21 bits per heavy atom. The van der Waals surface area contributed by atoms with Crippen LogP contribution in [0.4, 0.5) is 11.5 Å². The Morgan fingerprint density at radius 3 is 2.50 bits per heavy atom. The molecule has 0 spiro atoms. The average Bonchev–Trinajstić information content (AvgIpc) is 2.80. The van der Waals surface area contributed by atoms with Crippen LogP contribution in [0, 0.1) is 5.92 Å². The van der Waals surface area contributed by atoms with Crippen LogP contribution in [0.1, 0.15) is 37.7 Å². The Bertz CT molecular complexity index is 1370. The number of benzene rings is 1. The van der Waals surface area contributed by atoms with Gasteiger partial charge < -0.3 is 10.5 Å². The van der Waals surface area contributed by atoms with Gasteiger partial charge in [-0.15, -0.1) is 0 Å². The Labute approximate surface area is 195 Å². The number of methoxy groups -OCH3 is 1. The molecule has 0 aliphatic rings. The van der Waals surface area contributed by atoms with Gasteiger partial charge in [0.25, 0.3) is 17.0 Å². The zero-order valence-corrected chi connectivity index (χ0v) is 19.8. The number of amides is 1. The number of H-pyrrole nitrogens is 1. The van der Waals surface area contributed by atoms with Crippen LogP contribution in [-0.2, 0) is 17.8 Å². The van der Waals surface area contributed by atoms with Gasteiger partial charge in [-0.2, -0.15) is 5.10 Å². The van der Waals surface area contributed by atoms with Crippen molar-refractivity contribution < 1.29 is 9.53 Å². The van der Waals surface area contributed by atoms with Crippen LogP contribution in [0.15, 0.2) is 38.6 Å². The molecule has 3 aromatic rings. The number of rotatable bonds is 9. The molecule has 0 unspecified atom stereocenters. The van der Waals surface area contributed by atoms with Gasteiger partial charge >= 0.3 is 5.69 Å². The van der Waals surface area contributed by atoms with Crippen molar-refractivity contribution in [2.24, 2.45) is 5.92 Å². The second-order valence-electron chi connectivity index (χ2n) is 8.37. The molecule has 34 heavy (non-hydrogen) atoms. The lowest BCUT2D eigenvalue weighted by Gasteiger charge is -2.24. The van der Waals surface area contributed by atoms with E-state index in [2.05, 4.69) is 10.1 Å². The number of nitrogens with one attached hydrogen (secondary N) is 1. The molecule has 0 saturated carbocycles. The van der Waals surface area contributed by atoms with E-state index in [4.69, 9.17) is 10.5 Å². The van der Waals surface area contributed by atoms with Crippen molar-refractivity contribution in [2.75, 3.05) is 30.9 Å². The summed E-state index contributed by atoms with van der Waals surface area (Å²) >= 11 is 0. The molecule has 182 valence electrons. The SMILES string of the molecule is CCCn1c(N)c(N(CCOC)C(=O)c2nn(CC(C)C)c(=O)c3ccccc23)c(=O)[nH]c1=O. The molecule has 3 rings (SSSR count). The summed E-state index contributed by atoms with van der Waals surface area (Å²) in [6.07, 6.45) is 0.591. The number of carbonyl (C=O) groups excluding carboxylic acids is 1. The summed E-state index contributed by atoms with van der Waals surface area (Å²) in [5.74, 6) is -0.653. The zero-order chi connectivity index (χ0) is 25.0. The fourth-order valence-corrected chi connectivity index (χ4v) is 3.77. The molecule has 11 nitrogen and oxygen atoms in total. The van der Waals surface area contributed by atoms with E-state index >= 15 is 0 Å². The second-order valence-corrected chi connectivity index (χ2v) is 8.37. The lowest BCUT2D eigenvalue weighted by molar-refractivity contribution is 0.0970. The highest BCUT2D eigenvalue weighted by Gasteiger charge is 2.28. The Morgan fingerprint density at radius 2 is 1.88 bits per heavy atom. The van der Waals surface area contributed by atoms with Gasteiger partial charge in [0.2, 0.25) is 0 Å². The third-order valence-electron chi connectivity index (χ3n) is 5.30. The fraction of sp³-hybridized carbons (Fsp3) is 0.435. The smallest absolute Gasteiger partial charge is 0.330 e. The summed E-state index contributed by atoms with van der Waals surface area (Å²) in [6, 6.07) is 6.69. The van der Waals surface area contributed by atoms with Crippen LogP contribution in [0.2, 0.25) is 0 Å². The maximum absolute atomic E-state index is 13.9. The van der Waals surface area contributed by atoms with Gasteiger partial charge in [-0.25, -0.2) is 9.48 Å². The molecule has 1 aromatic carbocycles. The van der Waals surface area contributed by atoms with Gasteiger partial charge in [0.05, 0.1) is 12.0 Å². The van der Waals surface area contributed by atoms with Crippen molar-refractivity contribution in [1.82, 2.24) is 19.3 Å². The first-order valence-corrected chi connectivity index (χ1v) is 11.1. The molecule has 2 aromatic heterocycles. The van der Waals surface area contributed by atoms with Gasteiger partial charge in [0, 0.05) is 32.1 Å². The lowest BCUT2D eigenvalue weighted by atomic mass is 10.1. The van der Waals surface area contributed by atoms with E-state index in [1.54, 1.807) is 24.3 Å². The first-order valence-electron chi connectivity index (χ1n) is 11.1. The lowest BCUT2D eigenvalue weighted by Crippen LogP contribution is -2.43. The molecule has 0 aliphatic carbocycles. The van der Waals surface area contributed by atoms with E-state index in [0.717, 1.165) is 4.90 Å². The maximum atomic E-state index is 13.9. The highest BCUT2D eigenvalue weighted by atomic mass is 16.5. The Balaban J connectivity index is 2.28. The first-order chi connectivity index (χ1) is 16.2. The number of aromatic amines is 1. The minimum Gasteiger partial charge on any atom is -0.383 e. The van der Waals surface area contributed by atoms with Crippen LogP contribution >= 0.6 is 0 Å². The van der Waals surface area contributed by atoms with Crippen LogP contribution in [-0.4, -0.2) is 45.5 Å². The van der Waals surface area contributed by atoms with Crippen molar-refractivity contribution in [3.05, 3.63) is 61.2 Å². The molecule has 0 aliphatic heterocycles. The van der Waals surface area contributed by atoms with Crippen LogP contribution < -0.4 is 27.4 Å². The molecular weight excluding hydrogens is 440 g/mol. The number of nitrogen functional groups attached to an aromatic ring is 1. The van der Waals surface area contributed by atoms with Crippen molar-refractivity contribution in [2.45, 2.75) is 40.3 Å². The second kappa shape index (κ2) is 10.5. The first kappa shape index (κ1) is 24.9. The number of nitrogens with two attached hydrogens (primary N) is 1. The summed E-state index contributed by atoms with van der Waals surface area (Å²) in [6.45, 7) is 6.39. The molecule has 0 saturated heterocycles. The summed E-state index contributed by atoms with van der Waals surface area (Å²) in [4.78, 5) is 55.3. The van der Waals surface area contributed by atoms with E-state index < -0.39 is 17.2 Å². The molecule has 2 heterocycles. The van der Waals surface area contributed by atoms with Gasteiger partial charge in [-0.3, -0.25) is 28.8 Å². The molecule has 0 radical (unpaired) electrons. The molecule has 11 heteroatoms. The number of hydrogen-bond acceptors (Lipinski definition) is 7. The number of anilines is 2. The standard InChI is InChI=1S/C23H30N6O5/c1-5-10-28-19(24)18(20(30)25-23(28)33)27(11-12-34-4)22(32)17-15-8-6-7-9-16(15)21(31)29(26-17)13-14(2)3/h6-9,14H,5,10-13,24H2,1-4H3,(H,25,30,33). The number of fused-ring (bicyclic) bond motifs is 1. The van der Waals surface area contributed by atoms with E-state index in [-0.39, 0.29) is 48.4 Å². The predicted molar refractivity (Wildman–Crippen MR) is 130 cm³/mol. The van der Waals surface area contributed by atoms with Crippen molar-refractivity contribution >= 4 is 28.2 Å². The van der Waals surface area contributed by atoms with Crippen molar-refractivity contribution in [3.8, 4) is 0 Å². The van der Waals surface area contributed by atoms with Gasteiger partial charge in [0.15, 0.2) is 11.4 Å². The monoisotopic (exact) mass is 470 g/mol. The summed E-state index contributed by atoms with van der Waals surface area (Å²) < 4.78 is 7.63. The van der Waals surface area contributed by atoms with Gasteiger partial charge in [-0.05, 0) is 18.4 Å². The van der Waals surface area contributed by atoms with E-state index in [0.29, 0.717) is 23.7 Å². The molecule has 0 fully saturated rings. The molecular formula is C23H30N6O5.